The molecule has 2 unspecified atom stereocenters. The van der Waals surface area contributed by atoms with Crippen molar-refractivity contribution in [3.8, 4) is 0 Å². The number of benzene rings is 1. The summed E-state index contributed by atoms with van der Waals surface area (Å²) >= 11 is 1.90. The number of aliphatic hydroxyl groups is 1. The molecule has 1 aliphatic rings. The molecule has 0 saturated carbocycles. The number of rotatable bonds is 3. The molecule has 88 valence electrons. The zero-order chi connectivity index (χ0) is 11.5. The smallest absolute Gasteiger partial charge is 0.0601 e. The SMILES string of the molecule is NC(CO)C(N)c1ccc2c(c1)CCCS2. The van der Waals surface area contributed by atoms with Crippen LogP contribution in [0.1, 0.15) is 23.6 Å². The normalized spacial score (nSPS) is 18.9. The highest BCUT2D eigenvalue weighted by molar-refractivity contribution is 7.99. The van der Waals surface area contributed by atoms with Gasteiger partial charge in [0.25, 0.3) is 0 Å². The standard InChI is InChI=1S/C12H18N2OS/c13-10(7-15)12(14)9-3-4-11-8(6-9)2-1-5-16-11/h3-4,6,10,12,15H,1-2,5,7,13-14H2. The molecule has 0 aromatic heterocycles. The summed E-state index contributed by atoms with van der Waals surface area (Å²) in [5.74, 6) is 1.20. The Hall–Kier alpha value is -0.550. The lowest BCUT2D eigenvalue weighted by atomic mass is 9.98. The first-order valence-electron chi connectivity index (χ1n) is 5.60. The van der Waals surface area contributed by atoms with Crippen molar-refractivity contribution in [1.82, 2.24) is 0 Å². The average Bonchev–Trinajstić information content (AvgIpc) is 2.36. The van der Waals surface area contributed by atoms with Gasteiger partial charge in [0.05, 0.1) is 6.61 Å². The fraction of sp³-hybridized carbons (Fsp3) is 0.500. The minimum atomic E-state index is -0.380. The Kier molecular flexibility index (Phi) is 3.86. The molecule has 0 bridgehead atoms. The first kappa shape index (κ1) is 11.9. The predicted octanol–water partition coefficient (Wildman–Crippen LogP) is 1.04. The summed E-state index contributed by atoms with van der Waals surface area (Å²) in [6.45, 7) is -0.0764. The van der Waals surface area contributed by atoms with Crippen molar-refractivity contribution in [2.75, 3.05) is 12.4 Å². The lowest BCUT2D eigenvalue weighted by molar-refractivity contribution is 0.249. The maximum Gasteiger partial charge on any atom is 0.0601 e. The van der Waals surface area contributed by atoms with Crippen LogP contribution in [-0.2, 0) is 6.42 Å². The number of hydrogen-bond acceptors (Lipinski definition) is 4. The molecular formula is C12H18N2OS. The zero-order valence-corrected chi connectivity index (χ0v) is 10.0. The predicted molar refractivity (Wildman–Crippen MR) is 67.5 cm³/mol. The maximum atomic E-state index is 9.00. The summed E-state index contributed by atoms with van der Waals surface area (Å²) in [5.41, 5.74) is 14.1. The Morgan fingerprint density at radius 1 is 1.38 bits per heavy atom. The van der Waals surface area contributed by atoms with Crippen LogP contribution in [0.15, 0.2) is 23.1 Å². The highest BCUT2D eigenvalue weighted by atomic mass is 32.2. The van der Waals surface area contributed by atoms with Crippen LogP contribution in [0.4, 0.5) is 0 Å². The molecule has 0 saturated heterocycles. The van der Waals surface area contributed by atoms with Crippen molar-refractivity contribution in [3.63, 3.8) is 0 Å². The van der Waals surface area contributed by atoms with Gasteiger partial charge in [0, 0.05) is 17.0 Å². The third-order valence-electron chi connectivity index (χ3n) is 2.99. The Morgan fingerprint density at radius 3 is 2.94 bits per heavy atom. The molecule has 4 heteroatoms. The quantitative estimate of drug-likeness (QED) is 0.736. The van der Waals surface area contributed by atoms with E-state index in [1.807, 2.05) is 17.8 Å². The number of aryl methyl sites for hydroxylation is 1. The highest BCUT2D eigenvalue weighted by Gasteiger charge is 2.17. The number of fused-ring (bicyclic) bond motifs is 1. The summed E-state index contributed by atoms with van der Waals surface area (Å²) in [6, 6.07) is 5.63. The van der Waals surface area contributed by atoms with Crippen LogP contribution in [0.3, 0.4) is 0 Å². The van der Waals surface area contributed by atoms with Crippen LogP contribution in [-0.4, -0.2) is 23.5 Å². The monoisotopic (exact) mass is 238 g/mol. The Balaban J connectivity index is 2.22. The second kappa shape index (κ2) is 5.19. The van der Waals surface area contributed by atoms with Crippen molar-refractivity contribution >= 4 is 11.8 Å². The van der Waals surface area contributed by atoms with Crippen LogP contribution >= 0.6 is 11.8 Å². The van der Waals surface area contributed by atoms with Gasteiger partial charge in [0.15, 0.2) is 0 Å². The minimum Gasteiger partial charge on any atom is -0.395 e. The second-order valence-corrected chi connectivity index (χ2v) is 5.33. The van der Waals surface area contributed by atoms with Gasteiger partial charge in [-0.2, -0.15) is 0 Å². The van der Waals surface area contributed by atoms with Gasteiger partial charge in [-0.05, 0) is 35.8 Å². The summed E-state index contributed by atoms with van der Waals surface area (Å²) < 4.78 is 0. The molecular weight excluding hydrogens is 220 g/mol. The third-order valence-corrected chi connectivity index (χ3v) is 4.19. The van der Waals surface area contributed by atoms with Crippen LogP contribution in [0.25, 0.3) is 0 Å². The molecule has 0 radical (unpaired) electrons. The molecule has 0 spiro atoms. The Bertz CT molecular complexity index is 370. The molecule has 1 aromatic rings. The topological polar surface area (TPSA) is 72.3 Å². The second-order valence-electron chi connectivity index (χ2n) is 4.19. The molecule has 3 nitrogen and oxygen atoms in total. The van der Waals surface area contributed by atoms with Gasteiger partial charge in [-0.3, -0.25) is 0 Å². The van der Waals surface area contributed by atoms with E-state index in [0.717, 1.165) is 12.0 Å². The molecule has 0 aliphatic carbocycles. The number of nitrogens with two attached hydrogens (primary N) is 2. The molecule has 1 heterocycles. The van der Waals surface area contributed by atoms with E-state index in [2.05, 4.69) is 12.1 Å². The maximum absolute atomic E-state index is 9.00. The largest absolute Gasteiger partial charge is 0.395 e. The molecule has 0 amide bonds. The number of thioether (sulfide) groups is 1. The van der Waals surface area contributed by atoms with E-state index in [0.29, 0.717) is 0 Å². The highest BCUT2D eigenvalue weighted by Crippen LogP contribution is 2.31. The average molecular weight is 238 g/mol. The molecule has 2 atom stereocenters. The molecule has 5 N–H and O–H groups in total. The first-order valence-corrected chi connectivity index (χ1v) is 6.58. The van der Waals surface area contributed by atoms with Crippen molar-refractivity contribution in [1.29, 1.82) is 0 Å². The molecule has 16 heavy (non-hydrogen) atoms. The van der Waals surface area contributed by atoms with Gasteiger partial charge in [-0.1, -0.05) is 12.1 Å². The lowest BCUT2D eigenvalue weighted by Crippen LogP contribution is -2.37. The van der Waals surface area contributed by atoms with Gasteiger partial charge in [0.1, 0.15) is 0 Å². The van der Waals surface area contributed by atoms with E-state index < -0.39 is 0 Å². The fourth-order valence-corrected chi connectivity index (χ4v) is 2.97. The van der Waals surface area contributed by atoms with Crippen molar-refractivity contribution in [2.24, 2.45) is 11.5 Å². The van der Waals surface area contributed by atoms with Crippen LogP contribution < -0.4 is 11.5 Å². The third kappa shape index (κ3) is 2.40. The molecule has 1 aromatic carbocycles. The van der Waals surface area contributed by atoms with Crippen LogP contribution in [0, 0.1) is 0 Å². The van der Waals surface area contributed by atoms with Crippen LogP contribution in [0.5, 0.6) is 0 Å². The van der Waals surface area contributed by atoms with E-state index in [1.165, 1.54) is 22.6 Å². The summed E-state index contributed by atoms with van der Waals surface area (Å²) in [5, 5.41) is 9.00. The van der Waals surface area contributed by atoms with E-state index in [9.17, 15) is 0 Å². The fourth-order valence-electron chi connectivity index (χ4n) is 1.95. The van der Waals surface area contributed by atoms with Crippen molar-refractivity contribution in [3.05, 3.63) is 29.3 Å². The first-order chi connectivity index (χ1) is 7.72. The van der Waals surface area contributed by atoms with Crippen molar-refractivity contribution in [2.45, 2.75) is 29.8 Å². The molecule has 1 aliphatic heterocycles. The zero-order valence-electron chi connectivity index (χ0n) is 9.23. The molecule has 0 fully saturated rings. The van der Waals surface area contributed by atoms with E-state index >= 15 is 0 Å². The summed E-state index contributed by atoms with van der Waals surface area (Å²) in [7, 11) is 0. The number of hydrogen-bond donors (Lipinski definition) is 3. The van der Waals surface area contributed by atoms with Gasteiger partial charge >= 0.3 is 0 Å². The number of aliphatic hydroxyl groups excluding tert-OH is 1. The Labute approximate surface area is 100 Å². The van der Waals surface area contributed by atoms with E-state index in [4.69, 9.17) is 16.6 Å². The van der Waals surface area contributed by atoms with E-state index in [-0.39, 0.29) is 18.7 Å². The van der Waals surface area contributed by atoms with E-state index in [1.54, 1.807) is 0 Å². The van der Waals surface area contributed by atoms with Gasteiger partial charge in [-0.15, -0.1) is 11.8 Å². The molecule has 2 rings (SSSR count). The van der Waals surface area contributed by atoms with Crippen molar-refractivity contribution < 1.29 is 5.11 Å². The minimum absolute atomic E-state index is 0.0764. The van der Waals surface area contributed by atoms with Gasteiger partial charge in [0.2, 0.25) is 0 Å². The summed E-state index contributed by atoms with van der Waals surface area (Å²) in [6.07, 6.45) is 2.35. The van der Waals surface area contributed by atoms with Gasteiger partial charge < -0.3 is 16.6 Å². The van der Waals surface area contributed by atoms with Crippen LogP contribution in [0.2, 0.25) is 0 Å². The van der Waals surface area contributed by atoms with Gasteiger partial charge in [-0.25, -0.2) is 0 Å². The summed E-state index contributed by atoms with van der Waals surface area (Å²) in [4.78, 5) is 1.36. The lowest BCUT2D eigenvalue weighted by Gasteiger charge is -2.21. The Morgan fingerprint density at radius 2 is 2.19 bits per heavy atom.